The Balaban J connectivity index is 1.82. The van der Waals surface area contributed by atoms with Gasteiger partial charge in [-0.25, -0.2) is 4.79 Å². The zero-order valence-electron chi connectivity index (χ0n) is 10.6. The number of nitrogens with two attached hydrogens (primary N) is 1. The minimum absolute atomic E-state index is 0.152. The fourth-order valence-electron chi connectivity index (χ4n) is 2.85. The highest BCUT2D eigenvalue weighted by Gasteiger charge is 2.28. The van der Waals surface area contributed by atoms with Crippen molar-refractivity contribution < 1.29 is 4.79 Å². The summed E-state index contributed by atoms with van der Waals surface area (Å²) in [5.74, 6) is 0. The minimum atomic E-state index is 0.152. The molecule has 4 heteroatoms. The third-order valence-electron chi connectivity index (χ3n) is 3.86. The fraction of sp³-hybridized carbons (Fsp3) is 0.500. The number of piperidine rings is 1. The van der Waals surface area contributed by atoms with E-state index < -0.39 is 0 Å². The van der Waals surface area contributed by atoms with Gasteiger partial charge in [-0.1, -0.05) is 6.07 Å². The van der Waals surface area contributed by atoms with Crippen molar-refractivity contribution in [1.82, 2.24) is 4.90 Å². The maximum Gasteiger partial charge on any atom is 0.324 e. The molecule has 0 bridgehead atoms. The van der Waals surface area contributed by atoms with Crippen molar-refractivity contribution in [3.05, 3.63) is 23.8 Å². The second-order valence-electron chi connectivity index (χ2n) is 5.12. The van der Waals surface area contributed by atoms with Crippen molar-refractivity contribution in [2.75, 3.05) is 30.3 Å². The highest BCUT2D eigenvalue weighted by atomic mass is 16.2. The maximum absolute atomic E-state index is 12.5. The lowest BCUT2D eigenvalue weighted by Gasteiger charge is -2.31. The second-order valence-corrected chi connectivity index (χ2v) is 5.12. The number of nitrogen functional groups attached to an aromatic ring is 1. The van der Waals surface area contributed by atoms with E-state index >= 15 is 0 Å². The number of anilines is 2. The van der Waals surface area contributed by atoms with Crippen LogP contribution in [0.4, 0.5) is 16.2 Å². The number of amides is 2. The summed E-state index contributed by atoms with van der Waals surface area (Å²) in [4.78, 5) is 16.3. The van der Waals surface area contributed by atoms with E-state index in [1.54, 1.807) is 0 Å². The second kappa shape index (κ2) is 4.52. The van der Waals surface area contributed by atoms with Crippen LogP contribution in [0, 0.1) is 0 Å². The van der Waals surface area contributed by atoms with E-state index in [4.69, 9.17) is 5.73 Å². The van der Waals surface area contributed by atoms with Gasteiger partial charge in [0.25, 0.3) is 0 Å². The number of carbonyl (C=O) groups excluding carboxylic acids is 1. The largest absolute Gasteiger partial charge is 0.399 e. The highest BCUT2D eigenvalue weighted by Crippen LogP contribution is 2.31. The summed E-state index contributed by atoms with van der Waals surface area (Å²) in [6.07, 6.45) is 4.44. The Morgan fingerprint density at radius 1 is 1.11 bits per heavy atom. The van der Waals surface area contributed by atoms with Crippen LogP contribution in [0.15, 0.2) is 18.2 Å². The van der Waals surface area contributed by atoms with Gasteiger partial charge in [-0.15, -0.1) is 0 Å². The van der Waals surface area contributed by atoms with Crippen LogP contribution in [0.3, 0.4) is 0 Å². The number of urea groups is 1. The summed E-state index contributed by atoms with van der Waals surface area (Å²) in [5.41, 5.74) is 8.79. The predicted octanol–water partition coefficient (Wildman–Crippen LogP) is 2.24. The quantitative estimate of drug-likeness (QED) is 0.713. The Kier molecular flexibility index (Phi) is 2.86. The van der Waals surface area contributed by atoms with Crippen molar-refractivity contribution in [3.63, 3.8) is 0 Å². The zero-order valence-corrected chi connectivity index (χ0v) is 10.6. The van der Waals surface area contributed by atoms with Gasteiger partial charge in [-0.2, -0.15) is 0 Å². The molecule has 2 heterocycles. The van der Waals surface area contributed by atoms with Crippen molar-refractivity contribution in [2.24, 2.45) is 0 Å². The molecule has 1 fully saturated rings. The van der Waals surface area contributed by atoms with Crippen LogP contribution < -0.4 is 10.6 Å². The molecule has 0 aromatic heterocycles. The molecule has 96 valence electrons. The van der Waals surface area contributed by atoms with Gasteiger partial charge in [0.15, 0.2) is 0 Å². The number of fused-ring (bicyclic) bond motifs is 1. The van der Waals surface area contributed by atoms with Gasteiger partial charge in [-0.05, 0) is 43.4 Å². The Labute approximate surface area is 107 Å². The molecule has 4 nitrogen and oxygen atoms in total. The first-order chi connectivity index (χ1) is 8.75. The summed E-state index contributed by atoms with van der Waals surface area (Å²) < 4.78 is 0. The summed E-state index contributed by atoms with van der Waals surface area (Å²) in [6.45, 7) is 2.58. The molecule has 1 saturated heterocycles. The zero-order chi connectivity index (χ0) is 12.5. The first-order valence-electron chi connectivity index (χ1n) is 6.70. The Morgan fingerprint density at radius 3 is 2.67 bits per heavy atom. The SMILES string of the molecule is Nc1ccc2c(c1)N(C(=O)N1CCCCC1)CC2. The first-order valence-corrected chi connectivity index (χ1v) is 6.70. The van der Waals surface area contributed by atoms with E-state index in [-0.39, 0.29) is 6.03 Å². The lowest BCUT2D eigenvalue weighted by Crippen LogP contribution is -2.44. The van der Waals surface area contributed by atoms with Crippen molar-refractivity contribution in [1.29, 1.82) is 0 Å². The molecule has 0 radical (unpaired) electrons. The molecule has 0 atom stereocenters. The average Bonchev–Trinajstić information content (AvgIpc) is 2.82. The summed E-state index contributed by atoms with van der Waals surface area (Å²) in [6, 6.07) is 6.02. The molecule has 3 rings (SSSR count). The highest BCUT2D eigenvalue weighted by molar-refractivity contribution is 5.94. The van der Waals surface area contributed by atoms with Crippen molar-refractivity contribution in [3.8, 4) is 0 Å². The average molecular weight is 245 g/mol. The van der Waals surface area contributed by atoms with Gasteiger partial charge >= 0.3 is 6.03 Å². The van der Waals surface area contributed by atoms with E-state index in [0.717, 1.165) is 50.3 Å². The number of hydrogen-bond acceptors (Lipinski definition) is 2. The molecule has 1 aromatic carbocycles. The smallest absolute Gasteiger partial charge is 0.324 e. The van der Waals surface area contributed by atoms with Crippen LogP contribution in [-0.2, 0) is 6.42 Å². The maximum atomic E-state index is 12.5. The number of nitrogens with zero attached hydrogens (tertiary/aromatic N) is 2. The lowest BCUT2D eigenvalue weighted by atomic mass is 10.1. The third kappa shape index (κ3) is 1.92. The molecule has 1 aromatic rings. The van der Waals surface area contributed by atoms with Crippen LogP contribution in [0.2, 0.25) is 0 Å². The van der Waals surface area contributed by atoms with E-state index in [1.807, 2.05) is 28.0 Å². The van der Waals surface area contributed by atoms with Crippen LogP contribution in [0.5, 0.6) is 0 Å². The molecule has 2 N–H and O–H groups in total. The standard InChI is InChI=1S/C14H19N3O/c15-12-5-4-11-6-9-17(13(11)10-12)14(18)16-7-2-1-3-8-16/h4-5,10H,1-3,6-9,15H2. The fourth-order valence-corrected chi connectivity index (χ4v) is 2.85. The molecule has 0 unspecified atom stereocenters. The topological polar surface area (TPSA) is 49.6 Å². The molecule has 0 spiro atoms. The van der Waals surface area contributed by atoms with Gasteiger partial charge in [0.1, 0.15) is 0 Å². The van der Waals surface area contributed by atoms with E-state index in [1.165, 1.54) is 12.0 Å². The summed E-state index contributed by atoms with van der Waals surface area (Å²) >= 11 is 0. The number of benzene rings is 1. The van der Waals surface area contributed by atoms with E-state index in [9.17, 15) is 4.79 Å². The Hall–Kier alpha value is -1.71. The molecular weight excluding hydrogens is 226 g/mol. The lowest BCUT2D eigenvalue weighted by molar-refractivity contribution is 0.193. The molecule has 2 aliphatic heterocycles. The monoisotopic (exact) mass is 245 g/mol. The summed E-state index contributed by atoms with van der Waals surface area (Å²) in [7, 11) is 0. The van der Waals surface area contributed by atoms with E-state index in [2.05, 4.69) is 0 Å². The molecule has 2 aliphatic rings. The van der Waals surface area contributed by atoms with Crippen LogP contribution in [0.25, 0.3) is 0 Å². The Morgan fingerprint density at radius 2 is 1.89 bits per heavy atom. The number of carbonyl (C=O) groups is 1. The van der Waals surface area contributed by atoms with Crippen LogP contribution >= 0.6 is 0 Å². The number of likely N-dealkylation sites (tertiary alicyclic amines) is 1. The van der Waals surface area contributed by atoms with Crippen molar-refractivity contribution >= 4 is 17.4 Å². The first kappa shape index (κ1) is 11.4. The van der Waals surface area contributed by atoms with Gasteiger partial charge in [0, 0.05) is 25.3 Å². The van der Waals surface area contributed by atoms with E-state index in [0.29, 0.717) is 0 Å². The number of rotatable bonds is 0. The van der Waals surface area contributed by atoms with Gasteiger partial charge < -0.3 is 10.6 Å². The molecule has 0 aliphatic carbocycles. The number of hydrogen-bond donors (Lipinski definition) is 1. The predicted molar refractivity (Wildman–Crippen MR) is 72.7 cm³/mol. The Bertz CT molecular complexity index is 466. The summed E-state index contributed by atoms with van der Waals surface area (Å²) in [5, 5.41) is 0. The minimum Gasteiger partial charge on any atom is -0.399 e. The van der Waals surface area contributed by atoms with Gasteiger partial charge in [0.2, 0.25) is 0 Å². The molecular formula is C14H19N3O. The van der Waals surface area contributed by atoms with Crippen LogP contribution in [0.1, 0.15) is 24.8 Å². The van der Waals surface area contributed by atoms with Crippen molar-refractivity contribution in [2.45, 2.75) is 25.7 Å². The normalized spacial score (nSPS) is 18.9. The molecule has 0 saturated carbocycles. The van der Waals surface area contributed by atoms with Crippen LogP contribution in [-0.4, -0.2) is 30.6 Å². The molecule has 18 heavy (non-hydrogen) atoms. The molecule has 2 amide bonds. The van der Waals surface area contributed by atoms with Gasteiger partial charge in [0.05, 0.1) is 5.69 Å². The third-order valence-corrected chi connectivity index (χ3v) is 3.86. The van der Waals surface area contributed by atoms with Gasteiger partial charge in [-0.3, -0.25) is 4.90 Å².